The Hall–Kier alpha value is -1.20. The fourth-order valence-corrected chi connectivity index (χ4v) is 3.86. The summed E-state index contributed by atoms with van der Waals surface area (Å²) < 4.78 is 0. The van der Waals surface area contributed by atoms with Crippen LogP contribution in [0.15, 0.2) is 24.3 Å². The van der Waals surface area contributed by atoms with Gasteiger partial charge in [0.1, 0.15) is 0 Å². The largest absolute Gasteiger partial charge is 0.399 e. The number of thioether (sulfide) groups is 1. The summed E-state index contributed by atoms with van der Waals surface area (Å²) in [6.07, 6.45) is 0. The summed E-state index contributed by atoms with van der Waals surface area (Å²) in [5, 5.41) is 4.10. The fraction of sp³-hybridized carbons (Fsp3) is 0.533. The molecule has 1 aromatic carbocycles. The SMILES string of the molecule is CC1CN(C(C)C(=O)Nc2ccc(N)cc2)CC(C)S1. The van der Waals surface area contributed by atoms with Gasteiger partial charge in [0.2, 0.25) is 5.91 Å². The highest BCUT2D eigenvalue weighted by molar-refractivity contribution is 8.00. The third-order valence-corrected chi connectivity index (χ3v) is 4.78. The molecule has 1 aromatic rings. The molecule has 1 amide bonds. The number of rotatable bonds is 3. The van der Waals surface area contributed by atoms with E-state index < -0.39 is 0 Å². The van der Waals surface area contributed by atoms with E-state index in [1.165, 1.54) is 0 Å². The Kier molecular flexibility index (Phi) is 4.94. The lowest BCUT2D eigenvalue weighted by molar-refractivity contribution is -0.120. The third-order valence-electron chi connectivity index (χ3n) is 3.55. The molecule has 0 aliphatic carbocycles. The third kappa shape index (κ3) is 3.90. The molecule has 5 heteroatoms. The van der Waals surface area contributed by atoms with E-state index in [0.29, 0.717) is 16.2 Å². The predicted octanol–water partition coefficient (Wildman–Crippen LogP) is 2.42. The average molecular weight is 293 g/mol. The molecule has 110 valence electrons. The smallest absolute Gasteiger partial charge is 0.241 e. The highest BCUT2D eigenvalue weighted by atomic mass is 32.2. The van der Waals surface area contributed by atoms with Crippen molar-refractivity contribution >= 4 is 29.0 Å². The van der Waals surface area contributed by atoms with Crippen molar-refractivity contribution in [3.05, 3.63) is 24.3 Å². The highest BCUT2D eigenvalue weighted by Gasteiger charge is 2.29. The highest BCUT2D eigenvalue weighted by Crippen LogP contribution is 2.26. The van der Waals surface area contributed by atoms with Crippen LogP contribution in [0.1, 0.15) is 20.8 Å². The lowest BCUT2D eigenvalue weighted by Gasteiger charge is -2.37. The van der Waals surface area contributed by atoms with E-state index in [1.807, 2.05) is 30.8 Å². The number of nitrogens with one attached hydrogen (secondary N) is 1. The van der Waals surface area contributed by atoms with E-state index in [9.17, 15) is 4.79 Å². The van der Waals surface area contributed by atoms with Crippen LogP contribution in [-0.2, 0) is 4.79 Å². The molecule has 20 heavy (non-hydrogen) atoms. The molecule has 1 fully saturated rings. The topological polar surface area (TPSA) is 58.4 Å². The van der Waals surface area contributed by atoms with Crippen LogP contribution in [0.3, 0.4) is 0 Å². The van der Waals surface area contributed by atoms with Gasteiger partial charge in [0.25, 0.3) is 0 Å². The molecular weight excluding hydrogens is 270 g/mol. The number of carbonyl (C=O) groups is 1. The van der Waals surface area contributed by atoms with Crippen LogP contribution in [0.2, 0.25) is 0 Å². The molecule has 0 aromatic heterocycles. The number of benzene rings is 1. The van der Waals surface area contributed by atoms with Crippen molar-refractivity contribution in [3.63, 3.8) is 0 Å². The Morgan fingerprint density at radius 2 is 1.85 bits per heavy atom. The summed E-state index contributed by atoms with van der Waals surface area (Å²) in [5.41, 5.74) is 7.14. The number of anilines is 2. The molecule has 0 bridgehead atoms. The summed E-state index contributed by atoms with van der Waals surface area (Å²) in [7, 11) is 0. The summed E-state index contributed by atoms with van der Waals surface area (Å²) >= 11 is 1.99. The molecule has 3 unspecified atom stereocenters. The number of nitrogens with zero attached hydrogens (tertiary/aromatic N) is 1. The number of hydrogen-bond donors (Lipinski definition) is 2. The molecule has 1 aliphatic heterocycles. The van der Waals surface area contributed by atoms with Gasteiger partial charge >= 0.3 is 0 Å². The molecule has 1 saturated heterocycles. The van der Waals surface area contributed by atoms with Gasteiger partial charge in [-0.3, -0.25) is 9.69 Å². The van der Waals surface area contributed by atoms with Crippen LogP contribution in [0.4, 0.5) is 11.4 Å². The Morgan fingerprint density at radius 1 is 1.30 bits per heavy atom. The van der Waals surface area contributed by atoms with Crippen LogP contribution in [0, 0.1) is 0 Å². The maximum Gasteiger partial charge on any atom is 0.241 e. The van der Waals surface area contributed by atoms with Crippen molar-refractivity contribution in [1.29, 1.82) is 0 Å². The normalized spacial score (nSPS) is 25.1. The van der Waals surface area contributed by atoms with Crippen molar-refractivity contribution < 1.29 is 4.79 Å². The van der Waals surface area contributed by atoms with E-state index >= 15 is 0 Å². The Morgan fingerprint density at radius 3 is 2.40 bits per heavy atom. The van der Waals surface area contributed by atoms with Crippen molar-refractivity contribution in [2.24, 2.45) is 0 Å². The van der Waals surface area contributed by atoms with Gasteiger partial charge in [0.15, 0.2) is 0 Å². The first-order chi connectivity index (χ1) is 9.45. The first-order valence-corrected chi connectivity index (χ1v) is 7.96. The Labute approximate surface area is 125 Å². The minimum absolute atomic E-state index is 0.0427. The monoisotopic (exact) mass is 293 g/mol. The van der Waals surface area contributed by atoms with Crippen LogP contribution in [0.5, 0.6) is 0 Å². The van der Waals surface area contributed by atoms with E-state index in [1.54, 1.807) is 12.1 Å². The molecule has 1 aliphatic rings. The molecule has 0 spiro atoms. The molecule has 3 N–H and O–H groups in total. The number of nitrogens with two attached hydrogens (primary N) is 1. The fourth-order valence-electron chi connectivity index (χ4n) is 2.51. The number of hydrogen-bond acceptors (Lipinski definition) is 4. The van der Waals surface area contributed by atoms with Gasteiger partial charge in [-0.1, -0.05) is 13.8 Å². The second kappa shape index (κ2) is 6.50. The van der Waals surface area contributed by atoms with Crippen LogP contribution >= 0.6 is 11.8 Å². The molecule has 2 rings (SSSR count). The first-order valence-electron chi connectivity index (χ1n) is 7.01. The average Bonchev–Trinajstić information content (AvgIpc) is 2.39. The summed E-state index contributed by atoms with van der Waals surface area (Å²) in [6.45, 7) is 8.34. The summed E-state index contributed by atoms with van der Waals surface area (Å²) in [5.74, 6) is 0.0427. The van der Waals surface area contributed by atoms with Crippen LogP contribution in [-0.4, -0.2) is 40.4 Å². The standard InChI is InChI=1S/C15H23N3OS/c1-10-8-18(9-11(2)20-10)12(3)15(19)17-14-6-4-13(16)5-7-14/h4-7,10-12H,8-9,16H2,1-3H3,(H,17,19). The van der Waals surface area contributed by atoms with Crippen molar-refractivity contribution in [2.75, 3.05) is 24.1 Å². The van der Waals surface area contributed by atoms with E-state index in [4.69, 9.17) is 5.73 Å². The lowest BCUT2D eigenvalue weighted by atomic mass is 10.2. The predicted molar refractivity (Wildman–Crippen MR) is 87.0 cm³/mol. The molecule has 1 heterocycles. The Balaban J connectivity index is 1.96. The number of carbonyl (C=O) groups excluding carboxylic acids is 1. The minimum atomic E-state index is -0.113. The maximum atomic E-state index is 12.3. The second-order valence-electron chi connectivity index (χ2n) is 5.50. The summed E-state index contributed by atoms with van der Waals surface area (Å²) in [6, 6.07) is 7.14. The van der Waals surface area contributed by atoms with Crippen molar-refractivity contribution in [3.8, 4) is 0 Å². The van der Waals surface area contributed by atoms with Crippen LogP contribution < -0.4 is 11.1 Å². The molecule has 3 atom stereocenters. The molecular formula is C15H23N3OS. The van der Waals surface area contributed by atoms with Gasteiger partial charge in [0.05, 0.1) is 6.04 Å². The van der Waals surface area contributed by atoms with Gasteiger partial charge in [-0.2, -0.15) is 11.8 Å². The second-order valence-corrected chi connectivity index (χ2v) is 7.38. The van der Waals surface area contributed by atoms with E-state index in [-0.39, 0.29) is 11.9 Å². The molecule has 0 radical (unpaired) electrons. The zero-order valence-electron chi connectivity index (χ0n) is 12.3. The van der Waals surface area contributed by atoms with Crippen LogP contribution in [0.25, 0.3) is 0 Å². The number of amides is 1. The van der Waals surface area contributed by atoms with E-state index in [2.05, 4.69) is 24.1 Å². The molecule has 0 saturated carbocycles. The summed E-state index contributed by atoms with van der Waals surface area (Å²) in [4.78, 5) is 14.6. The van der Waals surface area contributed by atoms with Gasteiger partial charge in [-0.05, 0) is 31.2 Å². The van der Waals surface area contributed by atoms with Crippen molar-refractivity contribution in [1.82, 2.24) is 4.90 Å². The maximum absolute atomic E-state index is 12.3. The minimum Gasteiger partial charge on any atom is -0.399 e. The zero-order valence-corrected chi connectivity index (χ0v) is 13.1. The Bertz CT molecular complexity index is 453. The van der Waals surface area contributed by atoms with Gasteiger partial charge in [-0.25, -0.2) is 0 Å². The first kappa shape index (κ1) is 15.2. The zero-order chi connectivity index (χ0) is 14.7. The lowest BCUT2D eigenvalue weighted by Crippen LogP contribution is -2.49. The van der Waals surface area contributed by atoms with Gasteiger partial charge < -0.3 is 11.1 Å². The van der Waals surface area contributed by atoms with E-state index in [0.717, 1.165) is 18.8 Å². The van der Waals surface area contributed by atoms with Gasteiger partial charge in [0, 0.05) is 35.0 Å². The quantitative estimate of drug-likeness (QED) is 0.840. The molecule has 4 nitrogen and oxygen atoms in total. The van der Waals surface area contributed by atoms with Gasteiger partial charge in [-0.15, -0.1) is 0 Å². The van der Waals surface area contributed by atoms with Crippen molar-refractivity contribution in [2.45, 2.75) is 37.3 Å². The number of nitrogen functional groups attached to an aromatic ring is 1.